The number of esters is 1. The summed E-state index contributed by atoms with van der Waals surface area (Å²) in [5, 5.41) is 6.45. The number of alkyl halides is 1. The smallest absolute Gasteiger partial charge is 0.407 e. The Morgan fingerprint density at radius 1 is 0.943 bits per heavy atom. The van der Waals surface area contributed by atoms with Crippen LogP contribution in [0.5, 0.6) is 0 Å². The number of H-pyrrole nitrogens is 1. The fraction of sp³-hybridized carbons (Fsp3) is 0.550. The van der Waals surface area contributed by atoms with Crippen LogP contribution in [0.4, 0.5) is 14.9 Å². The molecular formula is C40H53FN4O8. The number of benzene rings is 2. The second-order valence-electron chi connectivity index (χ2n) is 14.9. The van der Waals surface area contributed by atoms with Crippen LogP contribution in [0.2, 0.25) is 0 Å². The summed E-state index contributed by atoms with van der Waals surface area (Å²) >= 11 is 0. The number of rotatable bonds is 15. The summed E-state index contributed by atoms with van der Waals surface area (Å²) < 4.78 is 35.1. The lowest BCUT2D eigenvalue weighted by Crippen LogP contribution is -2.49. The van der Waals surface area contributed by atoms with Gasteiger partial charge >= 0.3 is 12.1 Å². The fourth-order valence-electron chi connectivity index (χ4n) is 7.34. The average molecular weight is 737 g/mol. The molecule has 2 aromatic carbocycles. The number of halogens is 1. The van der Waals surface area contributed by atoms with Gasteiger partial charge in [-0.3, -0.25) is 9.59 Å². The lowest BCUT2D eigenvalue weighted by molar-refractivity contribution is -0.141. The summed E-state index contributed by atoms with van der Waals surface area (Å²) in [5.41, 5.74) is 1.84. The SMILES string of the molecule is COCCOCCCOC(=O)c1cc2cc(NC(=O)[C@H]3[C@@H](c4ccccc4)CCN3C(=O)C3CCC([C@@H](CF)NC(=O)OC(C)(C)C)CC3)ccc2[nH]1. The summed E-state index contributed by atoms with van der Waals surface area (Å²) in [7, 11) is 1.60. The molecular weight excluding hydrogens is 683 g/mol. The number of methoxy groups -OCH3 is 1. The number of carbonyl (C=O) groups excluding carboxylic acids is 4. The summed E-state index contributed by atoms with van der Waals surface area (Å²) in [4.78, 5) is 58.1. The topological polar surface area (TPSA) is 148 Å². The van der Waals surface area contributed by atoms with Crippen LogP contribution < -0.4 is 10.6 Å². The van der Waals surface area contributed by atoms with Gasteiger partial charge in [-0.2, -0.15) is 0 Å². The molecule has 53 heavy (non-hydrogen) atoms. The minimum atomic E-state index is -0.735. The Kier molecular flexibility index (Phi) is 13.9. The molecule has 3 N–H and O–H groups in total. The maximum Gasteiger partial charge on any atom is 0.407 e. The summed E-state index contributed by atoms with van der Waals surface area (Å²) in [6, 6.07) is 15.4. The molecule has 288 valence electrons. The minimum Gasteiger partial charge on any atom is -0.461 e. The highest BCUT2D eigenvalue weighted by Gasteiger charge is 2.45. The van der Waals surface area contributed by atoms with Crippen LogP contribution in [0.3, 0.4) is 0 Å². The van der Waals surface area contributed by atoms with Crippen molar-refractivity contribution in [2.45, 2.75) is 82.9 Å². The maximum absolute atomic E-state index is 14.2. The van der Waals surface area contributed by atoms with E-state index in [0.717, 1.165) is 10.9 Å². The Hall–Kier alpha value is -4.49. The summed E-state index contributed by atoms with van der Waals surface area (Å²) in [6.07, 6.45) is 2.76. The van der Waals surface area contributed by atoms with Gasteiger partial charge in [-0.15, -0.1) is 0 Å². The highest BCUT2D eigenvalue weighted by molar-refractivity contribution is 6.01. The molecule has 13 heteroatoms. The molecule has 1 aliphatic heterocycles. The van der Waals surface area contributed by atoms with E-state index in [2.05, 4.69) is 15.6 Å². The molecule has 0 bridgehead atoms. The first-order chi connectivity index (χ1) is 25.5. The molecule has 1 aliphatic carbocycles. The van der Waals surface area contributed by atoms with Gasteiger partial charge in [-0.25, -0.2) is 14.0 Å². The number of alkyl carbamates (subject to hydrolysis) is 1. The van der Waals surface area contributed by atoms with Crippen LogP contribution in [-0.2, 0) is 28.5 Å². The minimum absolute atomic E-state index is 0.0790. The Labute approximate surface area is 310 Å². The molecule has 1 saturated heterocycles. The molecule has 3 aromatic rings. The largest absolute Gasteiger partial charge is 0.461 e. The monoisotopic (exact) mass is 736 g/mol. The van der Waals surface area contributed by atoms with Crippen molar-refractivity contribution in [2.24, 2.45) is 11.8 Å². The van der Waals surface area contributed by atoms with Crippen molar-refractivity contribution in [1.29, 1.82) is 0 Å². The van der Waals surface area contributed by atoms with E-state index in [1.165, 1.54) is 0 Å². The van der Waals surface area contributed by atoms with Crippen molar-refractivity contribution < 1.29 is 42.5 Å². The first-order valence-electron chi connectivity index (χ1n) is 18.6. The zero-order valence-electron chi connectivity index (χ0n) is 31.2. The van der Waals surface area contributed by atoms with E-state index in [-0.39, 0.29) is 36.2 Å². The molecule has 0 unspecified atom stereocenters. The van der Waals surface area contributed by atoms with E-state index in [1.54, 1.807) is 57.0 Å². The second-order valence-corrected chi connectivity index (χ2v) is 14.9. The molecule has 3 atom stereocenters. The van der Waals surface area contributed by atoms with Gasteiger partial charge in [-0.1, -0.05) is 30.3 Å². The normalized spacial score (nSPS) is 20.9. The van der Waals surface area contributed by atoms with Crippen molar-refractivity contribution in [1.82, 2.24) is 15.2 Å². The molecule has 12 nitrogen and oxygen atoms in total. The molecule has 2 heterocycles. The van der Waals surface area contributed by atoms with E-state index in [9.17, 15) is 23.6 Å². The van der Waals surface area contributed by atoms with Gasteiger partial charge in [0.05, 0.1) is 25.9 Å². The fourth-order valence-corrected chi connectivity index (χ4v) is 7.34. The number of anilines is 1. The van der Waals surface area contributed by atoms with E-state index in [4.69, 9.17) is 18.9 Å². The maximum atomic E-state index is 14.2. The number of hydrogen-bond donors (Lipinski definition) is 3. The van der Waals surface area contributed by atoms with Crippen LogP contribution >= 0.6 is 0 Å². The zero-order valence-corrected chi connectivity index (χ0v) is 31.2. The Morgan fingerprint density at radius 3 is 2.40 bits per heavy atom. The molecule has 2 aliphatic rings. The number of nitrogens with one attached hydrogen (secondary N) is 3. The summed E-state index contributed by atoms with van der Waals surface area (Å²) in [5.74, 6) is -1.49. The molecule has 2 fully saturated rings. The standard InChI is InChI=1S/C40H53FN4O8/c1-40(2,3)53-39(49)44-34(25-41)27-11-13-28(14-12-27)37(47)45-18-17-31(26-9-6-5-7-10-26)35(45)36(46)42-30-15-16-32-29(23-30)24-33(43-32)38(48)52-20-8-19-51-22-21-50-4/h5-7,9-10,15-16,23-24,27-28,31,34-35,43H,8,11-14,17-22,25H2,1-4H3,(H,42,46)(H,44,49)/t27?,28?,31-,34-,35-/m1/s1. The molecule has 3 amide bonds. The number of fused-ring (bicyclic) bond motifs is 1. The number of aromatic nitrogens is 1. The van der Waals surface area contributed by atoms with Gasteiger partial charge in [0.15, 0.2) is 0 Å². The number of aromatic amines is 1. The van der Waals surface area contributed by atoms with Crippen molar-refractivity contribution in [3.8, 4) is 0 Å². The predicted octanol–water partition coefficient (Wildman–Crippen LogP) is 6.37. The van der Waals surface area contributed by atoms with Crippen LogP contribution in [0.15, 0.2) is 54.6 Å². The number of hydrogen-bond acceptors (Lipinski definition) is 8. The molecule has 5 rings (SSSR count). The second kappa shape index (κ2) is 18.5. The number of ether oxygens (including phenoxy) is 4. The van der Waals surface area contributed by atoms with Crippen molar-refractivity contribution in [3.05, 3.63) is 65.9 Å². The quantitative estimate of drug-likeness (QED) is 0.121. The lowest BCUT2D eigenvalue weighted by atomic mass is 9.78. The number of likely N-dealkylation sites (tertiary alicyclic amines) is 1. The van der Waals surface area contributed by atoms with E-state index < -0.39 is 36.4 Å². The van der Waals surface area contributed by atoms with Gasteiger partial charge in [-0.05, 0) is 88.6 Å². The predicted molar refractivity (Wildman–Crippen MR) is 198 cm³/mol. The number of carbonyl (C=O) groups is 4. The Morgan fingerprint density at radius 2 is 1.70 bits per heavy atom. The zero-order chi connectivity index (χ0) is 38.0. The van der Waals surface area contributed by atoms with Crippen LogP contribution in [0.25, 0.3) is 10.9 Å². The van der Waals surface area contributed by atoms with Crippen LogP contribution in [-0.4, -0.2) is 98.2 Å². The molecule has 0 radical (unpaired) electrons. The Bertz CT molecular complexity index is 1680. The van der Waals surface area contributed by atoms with Crippen LogP contribution in [0, 0.1) is 11.8 Å². The number of nitrogens with zero attached hydrogens (tertiary/aromatic N) is 1. The van der Waals surface area contributed by atoms with E-state index in [0.29, 0.717) is 81.8 Å². The molecule has 0 spiro atoms. The highest BCUT2D eigenvalue weighted by Crippen LogP contribution is 2.39. The van der Waals surface area contributed by atoms with Crippen molar-refractivity contribution in [3.63, 3.8) is 0 Å². The van der Waals surface area contributed by atoms with E-state index in [1.807, 2.05) is 30.3 Å². The lowest BCUT2D eigenvalue weighted by Gasteiger charge is -2.36. The van der Waals surface area contributed by atoms with Crippen molar-refractivity contribution >= 4 is 40.5 Å². The van der Waals surface area contributed by atoms with E-state index >= 15 is 0 Å². The van der Waals surface area contributed by atoms with Gasteiger partial charge < -0.3 is 39.5 Å². The van der Waals surface area contributed by atoms with Gasteiger partial charge in [0, 0.05) is 55.1 Å². The number of amides is 3. The Balaban J connectivity index is 1.23. The third-order valence-electron chi connectivity index (χ3n) is 9.94. The van der Waals surface area contributed by atoms with Crippen LogP contribution in [0.1, 0.15) is 81.3 Å². The van der Waals surface area contributed by atoms with Crippen molar-refractivity contribution in [2.75, 3.05) is 52.1 Å². The average Bonchev–Trinajstić information content (AvgIpc) is 3.78. The van der Waals surface area contributed by atoms with Gasteiger partial charge in [0.1, 0.15) is 24.0 Å². The highest BCUT2D eigenvalue weighted by atomic mass is 19.1. The third kappa shape index (κ3) is 10.8. The molecule has 1 aromatic heterocycles. The molecule has 1 saturated carbocycles. The van der Waals surface area contributed by atoms with Gasteiger partial charge in [0.2, 0.25) is 11.8 Å². The summed E-state index contributed by atoms with van der Waals surface area (Å²) in [6.45, 7) is 6.64. The first kappa shape index (κ1) is 39.7. The third-order valence-corrected chi connectivity index (χ3v) is 9.94. The van der Waals surface area contributed by atoms with Gasteiger partial charge in [0.25, 0.3) is 0 Å². The first-order valence-corrected chi connectivity index (χ1v) is 18.6.